The number of aromatic nitrogens is 1. The van der Waals surface area contributed by atoms with E-state index in [1.165, 1.54) is 0 Å². The quantitative estimate of drug-likeness (QED) is 0.754. The molecule has 0 bridgehead atoms. The van der Waals surface area contributed by atoms with Crippen LogP contribution in [0.15, 0.2) is 71.3 Å². The Balaban J connectivity index is 1.79. The van der Waals surface area contributed by atoms with Gasteiger partial charge in [-0.1, -0.05) is 53.7 Å². The summed E-state index contributed by atoms with van der Waals surface area (Å²) in [4.78, 5) is 2.08. The molecule has 3 rings (SSSR count). The van der Waals surface area contributed by atoms with E-state index in [4.69, 9.17) is 4.52 Å². The number of nitrogens with zero attached hydrogens (tertiary/aromatic N) is 2. The van der Waals surface area contributed by atoms with Crippen molar-refractivity contribution in [2.45, 2.75) is 19.6 Å². The Hall–Kier alpha value is -2.59. The van der Waals surface area contributed by atoms with Crippen molar-refractivity contribution < 1.29 is 9.63 Å². The number of para-hydroxylation sites is 1. The summed E-state index contributed by atoms with van der Waals surface area (Å²) < 4.78 is 5.48. The molecule has 1 aromatic heterocycles. The predicted molar refractivity (Wildman–Crippen MR) is 91.1 cm³/mol. The second kappa shape index (κ2) is 7.11. The minimum absolute atomic E-state index is 0.424. The number of hydrogen-bond donors (Lipinski definition) is 1. The van der Waals surface area contributed by atoms with Crippen LogP contribution in [0.25, 0.3) is 11.3 Å². The third-order valence-electron chi connectivity index (χ3n) is 3.58. The van der Waals surface area contributed by atoms with Gasteiger partial charge >= 0.3 is 0 Å². The first kappa shape index (κ1) is 15.3. The molecule has 0 fully saturated rings. The van der Waals surface area contributed by atoms with Gasteiger partial charge in [0.1, 0.15) is 5.69 Å². The van der Waals surface area contributed by atoms with Crippen molar-refractivity contribution in [1.29, 1.82) is 0 Å². The highest BCUT2D eigenvalue weighted by Gasteiger charge is 2.14. The SMILES string of the molecule is C[C@@H](O)CN(Cc1cc(-c2ccccc2)no1)c1ccccc1. The smallest absolute Gasteiger partial charge is 0.156 e. The van der Waals surface area contributed by atoms with E-state index in [0.29, 0.717) is 13.1 Å². The summed E-state index contributed by atoms with van der Waals surface area (Å²) in [6, 6.07) is 21.9. The summed E-state index contributed by atoms with van der Waals surface area (Å²) in [5.74, 6) is 0.772. The van der Waals surface area contributed by atoms with E-state index < -0.39 is 6.10 Å². The average molecular weight is 308 g/mol. The fraction of sp³-hybridized carbons (Fsp3) is 0.211. The number of anilines is 1. The molecule has 0 saturated heterocycles. The summed E-state index contributed by atoms with van der Waals surface area (Å²) in [6.07, 6.45) is -0.424. The van der Waals surface area contributed by atoms with Crippen molar-refractivity contribution in [3.05, 3.63) is 72.5 Å². The average Bonchev–Trinajstić information content (AvgIpc) is 3.04. The van der Waals surface area contributed by atoms with E-state index in [2.05, 4.69) is 10.1 Å². The standard InChI is InChI=1S/C19H20N2O2/c1-15(22)13-21(17-10-6-3-7-11-17)14-18-12-19(20-23-18)16-8-4-2-5-9-16/h2-12,15,22H,13-14H2,1H3/t15-/m1/s1. The molecule has 0 amide bonds. The third-order valence-corrected chi connectivity index (χ3v) is 3.58. The van der Waals surface area contributed by atoms with Gasteiger partial charge < -0.3 is 14.5 Å². The van der Waals surface area contributed by atoms with Crippen molar-refractivity contribution in [3.8, 4) is 11.3 Å². The Morgan fingerprint density at radius 1 is 1.04 bits per heavy atom. The van der Waals surface area contributed by atoms with Crippen LogP contribution in [0.1, 0.15) is 12.7 Å². The molecule has 1 N–H and O–H groups in total. The Bertz CT molecular complexity index is 723. The molecule has 0 aliphatic carbocycles. The zero-order chi connectivity index (χ0) is 16.1. The largest absolute Gasteiger partial charge is 0.392 e. The topological polar surface area (TPSA) is 49.5 Å². The second-order valence-electron chi connectivity index (χ2n) is 5.61. The summed E-state index contributed by atoms with van der Waals surface area (Å²) in [6.45, 7) is 2.88. The first-order valence-corrected chi connectivity index (χ1v) is 7.71. The van der Waals surface area contributed by atoms with Gasteiger partial charge in [-0.3, -0.25) is 0 Å². The normalized spacial score (nSPS) is 12.1. The first-order chi connectivity index (χ1) is 11.2. The van der Waals surface area contributed by atoms with Crippen LogP contribution in [0, 0.1) is 0 Å². The van der Waals surface area contributed by atoms with Crippen LogP contribution in [0.3, 0.4) is 0 Å². The molecule has 3 aromatic rings. The zero-order valence-electron chi connectivity index (χ0n) is 13.1. The van der Waals surface area contributed by atoms with E-state index in [1.54, 1.807) is 6.92 Å². The lowest BCUT2D eigenvalue weighted by atomic mass is 10.1. The number of aliphatic hydroxyl groups is 1. The van der Waals surface area contributed by atoms with Crippen LogP contribution in [0.4, 0.5) is 5.69 Å². The van der Waals surface area contributed by atoms with Crippen molar-refractivity contribution in [3.63, 3.8) is 0 Å². The first-order valence-electron chi connectivity index (χ1n) is 7.71. The van der Waals surface area contributed by atoms with Gasteiger partial charge in [0.05, 0.1) is 12.6 Å². The Morgan fingerprint density at radius 3 is 2.35 bits per heavy atom. The molecule has 0 spiro atoms. The fourth-order valence-electron chi connectivity index (χ4n) is 2.54. The van der Waals surface area contributed by atoms with Crippen LogP contribution in [-0.4, -0.2) is 22.9 Å². The van der Waals surface area contributed by atoms with Crippen molar-refractivity contribution in [2.75, 3.05) is 11.4 Å². The Kier molecular flexibility index (Phi) is 4.74. The summed E-state index contributed by atoms with van der Waals surface area (Å²) in [7, 11) is 0. The van der Waals surface area contributed by atoms with Gasteiger partial charge in [-0.05, 0) is 19.1 Å². The predicted octanol–water partition coefficient (Wildman–Crippen LogP) is 3.73. The Labute approximate surface area is 136 Å². The molecule has 2 aromatic carbocycles. The molecule has 0 saturated carbocycles. The third kappa shape index (κ3) is 3.99. The molecule has 0 aliphatic heterocycles. The van der Waals surface area contributed by atoms with Gasteiger partial charge in [0.25, 0.3) is 0 Å². The number of hydrogen-bond acceptors (Lipinski definition) is 4. The molecular weight excluding hydrogens is 288 g/mol. The lowest BCUT2D eigenvalue weighted by Crippen LogP contribution is -2.30. The van der Waals surface area contributed by atoms with E-state index >= 15 is 0 Å². The fourth-order valence-corrected chi connectivity index (χ4v) is 2.54. The summed E-state index contributed by atoms with van der Waals surface area (Å²) in [5, 5.41) is 13.9. The van der Waals surface area contributed by atoms with Crippen LogP contribution >= 0.6 is 0 Å². The summed E-state index contributed by atoms with van der Waals surface area (Å²) in [5.41, 5.74) is 2.90. The van der Waals surface area contributed by atoms with Crippen LogP contribution in [-0.2, 0) is 6.54 Å². The minimum atomic E-state index is -0.424. The highest BCUT2D eigenvalue weighted by molar-refractivity contribution is 5.58. The van der Waals surface area contributed by atoms with E-state index in [-0.39, 0.29) is 0 Å². The Morgan fingerprint density at radius 2 is 1.70 bits per heavy atom. The van der Waals surface area contributed by atoms with Gasteiger partial charge in [-0.25, -0.2) is 0 Å². The molecule has 0 radical (unpaired) electrons. The second-order valence-corrected chi connectivity index (χ2v) is 5.61. The van der Waals surface area contributed by atoms with Gasteiger partial charge in [-0.2, -0.15) is 0 Å². The zero-order valence-corrected chi connectivity index (χ0v) is 13.1. The molecule has 118 valence electrons. The van der Waals surface area contributed by atoms with Crippen LogP contribution < -0.4 is 4.90 Å². The molecule has 4 heteroatoms. The van der Waals surface area contributed by atoms with Gasteiger partial charge in [0.2, 0.25) is 0 Å². The summed E-state index contributed by atoms with van der Waals surface area (Å²) >= 11 is 0. The lowest BCUT2D eigenvalue weighted by molar-refractivity contribution is 0.198. The van der Waals surface area contributed by atoms with Crippen molar-refractivity contribution in [1.82, 2.24) is 5.16 Å². The maximum atomic E-state index is 9.76. The maximum absolute atomic E-state index is 9.76. The molecule has 0 unspecified atom stereocenters. The maximum Gasteiger partial charge on any atom is 0.156 e. The lowest BCUT2D eigenvalue weighted by Gasteiger charge is -2.24. The van der Waals surface area contributed by atoms with Gasteiger partial charge in [-0.15, -0.1) is 0 Å². The highest BCUT2D eigenvalue weighted by atomic mass is 16.5. The van der Waals surface area contributed by atoms with E-state index in [9.17, 15) is 5.11 Å². The molecule has 23 heavy (non-hydrogen) atoms. The molecule has 0 aliphatic rings. The van der Waals surface area contributed by atoms with Crippen LogP contribution in [0.2, 0.25) is 0 Å². The molecule has 1 heterocycles. The molecule has 4 nitrogen and oxygen atoms in total. The number of aliphatic hydroxyl groups excluding tert-OH is 1. The molecule has 1 atom stereocenters. The monoisotopic (exact) mass is 308 g/mol. The van der Waals surface area contributed by atoms with Crippen molar-refractivity contribution >= 4 is 5.69 Å². The van der Waals surface area contributed by atoms with Crippen LogP contribution in [0.5, 0.6) is 0 Å². The van der Waals surface area contributed by atoms with Crippen molar-refractivity contribution in [2.24, 2.45) is 0 Å². The van der Waals surface area contributed by atoms with E-state index in [1.807, 2.05) is 66.7 Å². The van der Waals surface area contributed by atoms with E-state index in [0.717, 1.165) is 22.7 Å². The molecular formula is C19H20N2O2. The minimum Gasteiger partial charge on any atom is -0.392 e. The highest BCUT2D eigenvalue weighted by Crippen LogP contribution is 2.22. The number of rotatable bonds is 6. The van der Waals surface area contributed by atoms with Gasteiger partial charge in [0.15, 0.2) is 5.76 Å². The number of benzene rings is 2. The van der Waals surface area contributed by atoms with Gasteiger partial charge in [0, 0.05) is 23.9 Å².